The zero-order valence-electron chi connectivity index (χ0n) is 8.59. The molecule has 1 unspecified atom stereocenters. The predicted molar refractivity (Wildman–Crippen MR) is 53.0 cm³/mol. The standard InChI is InChI=1S/C10H22N2/c1-8-4-5-12(3)7-10(8)6-9(2)11/h8-10H,4-7,11H2,1-3H3/t8?,9-,10+/m1/s1. The van der Waals surface area contributed by atoms with Gasteiger partial charge in [-0.3, -0.25) is 0 Å². The Morgan fingerprint density at radius 3 is 2.83 bits per heavy atom. The van der Waals surface area contributed by atoms with E-state index in [-0.39, 0.29) is 0 Å². The Morgan fingerprint density at radius 2 is 2.25 bits per heavy atom. The summed E-state index contributed by atoms with van der Waals surface area (Å²) in [5, 5.41) is 0. The normalized spacial score (nSPS) is 35.0. The third-order valence-corrected chi connectivity index (χ3v) is 2.99. The molecule has 1 aliphatic rings. The molecule has 1 saturated heterocycles. The van der Waals surface area contributed by atoms with Crippen LogP contribution in [0, 0.1) is 11.8 Å². The summed E-state index contributed by atoms with van der Waals surface area (Å²) in [6.45, 7) is 6.97. The van der Waals surface area contributed by atoms with E-state index in [1.54, 1.807) is 0 Å². The average molecular weight is 170 g/mol. The molecule has 2 N–H and O–H groups in total. The number of hydrogen-bond donors (Lipinski definition) is 1. The SMILES string of the molecule is CC1CCN(C)C[C@@H]1C[C@@H](C)N. The first-order chi connectivity index (χ1) is 5.59. The van der Waals surface area contributed by atoms with E-state index >= 15 is 0 Å². The Kier molecular flexibility index (Phi) is 3.53. The molecule has 0 aromatic carbocycles. The highest BCUT2D eigenvalue weighted by Gasteiger charge is 2.24. The van der Waals surface area contributed by atoms with Gasteiger partial charge >= 0.3 is 0 Å². The van der Waals surface area contributed by atoms with E-state index < -0.39 is 0 Å². The van der Waals surface area contributed by atoms with Crippen molar-refractivity contribution in [2.45, 2.75) is 32.7 Å². The lowest BCUT2D eigenvalue weighted by Crippen LogP contribution is -2.39. The van der Waals surface area contributed by atoms with Gasteiger partial charge in [-0.15, -0.1) is 0 Å². The van der Waals surface area contributed by atoms with Gasteiger partial charge in [-0.25, -0.2) is 0 Å². The van der Waals surface area contributed by atoms with Crippen LogP contribution < -0.4 is 5.73 Å². The van der Waals surface area contributed by atoms with Crippen LogP contribution in [-0.2, 0) is 0 Å². The summed E-state index contributed by atoms with van der Waals surface area (Å²) >= 11 is 0. The minimum absolute atomic E-state index is 0.365. The van der Waals surface area contributed by atoms with Gasteiger partial charge in [0.15, 0.2) is 0 Å². The van der Waals surface area contributed by atoms with Crippen molar-refractivity contribution in [3.63, 3.8) is 0 Å². The number of rotatable bonds is 2. The molecule has 1 heterocycles. The van der Waals surface area contributed by atoms with Crippen LogP contribution >= 0.6 is 0 Å². The lowest BCUT2D eigenvalue weighted by molar-refractivity contribution is 0.142. The molecule has 1 aliphatic heterocycles. The van der Waals surface area contributed by atoms with Gasteiger partial charge in [-0.2, -0.15) is 0 Å². The van der Waals surface area contributed by atoms with Gasteiger partial charge in [0.25, 0.3) is 0 Å². The second-order valence-corrected chi connectivity index (χ2v) is 4.50. The minimum atomic E-state index is 0.365. The molecule has 0 aromatic heterocycles. The molecule has 0 saturated carbocycles. The predicted octanol–water partition coefficient (Wildman–Crippen LogP) is 1.31. The molecular weight excluding hydrogens is 148 g/mol. The highest BCUT2D eigenvalue weighted by molar-refractivity contribution is 4.78. The highest BCUT2D eigenvalue weighted by Crippen LogP contribution is 2.25. The maximum Gasteiger partial charge on any atom is 0.00136 e. The fourth-order valence-corrected chi connectivity index (χ4v) is 2.12. The maximum absolute atomic E-state index is 5.81. The first-order valence-corrected chi connectivity index (χ1v) is 5.03. The molecule has 0 bridgehead atoms. The highest BCUT2D eigenvalue weighted by atomic mass is 15.1. The molecule has 1 fully saturated rings. The lowest BCUT2D eigenvalue weighted by atomic mass is 9.83. The number of nitrogens with two attached hydrogens (primary N) is 1. The number of hydrogen-bond acceptors (Lipinski definition) is 2. The fourth-order valence-electron chi connectivity index (χ4n) is 2.12. The lowest BCUT2D eigenvalue weighted by Gasteiger charge is -2.35. The Morgan fingerprint density at radius 1 is 1.58 bits per heavy atom. The van der Waals surface area contributed by atoms with Crippen LogP contribution in [0.15, 0.2) is 0 Å². The van der Waals surface area contributed by atoms with Gasteiger partial charge in [0.05, 0.1) is 0 Å². The van der Waals surface area contributed by atoms with Crippen molar-refractivity contribution in [1.82, 2.24) is 4.90 Å². The third kappa shape index (κ3) is 2.76. The van der Waals surface area contributed by atoms with Gasteiger partial charge in [0, 0.05) is 12.6 Å². The van der Waals surface area contributed by atoms with Crippen LogP contribution in [0.1, 0.15) is 26.7 Å². The molecule has 0 radical (unpaired) electrons. The molecule has 0 amide bonds. The van der Waals surface area contributed by atoms with E-state index in [1.807, 2.05) is 0 Å². The van der Waals surface area contributed by atoms with Crippen LogP contribution in [0.25, 0.3) is 0 Å². The molecule has 2 nitrogen and oxygen atoms in total. The monoisotopic (exact) mass is 170 g/mol. The van der Waals surface area contributed by atoms with E-state index in [4.69, 9.17) is 5.73 Å². The summed E-state index contributed by atoms with van der Waals surface area (Å²) in [5.41, 5.74) is 5.81. The van der Waals surface area contributed by atoms with Crippen molar-refractivity contribution in [2.24, 2.45) is 17.6 Å². The van der Waals surface area contributed by atoms with Crippen molar-refractivity contribution in [1.29, 1.82) is 0 Å². The van der Waals surface area contributed by atoms with Crippen LogP contribution in [-0.4, -0.2) is 31.1 Å². The molecule has 0 spiro atoms. The molecule has 2 heteroatoms. The second kappa shape index (κ2) is 4.24. The molecule has 0 aliphatic carbocycles. The Bertz CT molecular complexity index is 132. The fraction of sp³-hybridized carbons (Fsp3) is 1.00. The topological polar surface area (TPSA) is 29.3 Å². The Balaban J connectivity index is 2.38. The van der Waals surface area contributed by atoms with Crippen LogP contribution in [0.2, 0.25) is 0 Å². The number of nitrogens with zero attached hydrogens (tertiary/aromatic N) is 1. The van der Waals surface area contributed by atoms with E-state index in [0.29, 0.717) is 6.04 Å². The van der Waals surface area contributed by atoms with Gasteiger partial charge < -0.3 is 10.6 Å². The summed E-state index contributed by atoms with van der Waals surface area (Å²) < 4.78 is 0. The largest absolute Gasteiger partial charge is 0.328 e. The van der Waals surface area contributed by atoms with Crippen molar-refractivity contribution in [2.75, 3.05) is 20.1 Å². The summed E-state index contributed by atoms with van der Waals surface area (Å²) in [7, 11) is 2.21. The van der Waals surface area contributed by atoms with E-state index in [1.165, 1.54) is 25.9 Å². The smallest absolute Gasteiger partial charge is 0.00136 e. The minimum Gasteiger partial charge on any atom is -0.328 e. The van der Waals surface area contributed by atoms with Gasteiger partial charge in [0.2, 0.25) is 0 Å². The third-order valence-electron chi connectivity index (χ3n) is 2.99. The molecule has 12 heavy (non-hydrogen) atoms. The van der Waals surface area contributed by atoms with Gasteiger partial charge in [-0.05, 0) is 45.2 Å². The summed E-state index contributed by atoms with van der Waals surface area (Å²) in [6.07, 6.45) is 2.53. The first-order valence-electron chi connectivity index (χ1n) is 5.03. The van der Waals surface area contributed by atoms with Crippen LogP contribution in [0.5, 0.6) is 0 Å². The molecule has 0 aromatic rings. The number of likely N-dealkylation sites (tertiary alicyclic amines) is 1. The van der Waals surface area contributed by atoms with Gasteiger partial charge in [0.1, 0.15) is 0 Å². The van der Waals surface area contributed by atoms with Crippen molar-refractivity contribution >= 4 is 0 Å². The maximum atomic E-state index is 5.81. The molecule has 72 valence electrons. The zero-order valence-corrected chi connectivity index (χ0v) is 8.59. The summed E-state index contributed by atoms with van der Waals surface area (Å²) in [5.74, 6) is 1.69. The Hall–Kier alpha value is -0.0800. The van der Waals surface area contributed by atoms with E-state index in [2.05, 4.69) is 25.8 Å². The molecule has 3 atom stereocenters. The zero-order chi connectivity index (χ0) is 9.14. The quantitative estimate of drug-likeness (QED) is 0.677. The second-order valence-electron chi connectivity index (χ2n) is 4.50. The van der Waals surface area contributed by atoms with Crippen molar-refractivity contribution in [3.8, 4) is 0 Å². The van der Waals surface area contributed by atoms with Crippen LogP contribution in [0.4, 0.5) is 0 Å². The Labute approximate surface area is 76.1 Å². The van der Waals surface area contributed by atoms with Gasteiger partial charge in [-0.1, -0.05) is 6.92 Å². The average Bonchev–Trinajstić information content (AvgIpc) is 1.96. The first kappa shape index (κ1) is 10.0. The summed E-state index contributed by atoms with van der Waals surface area (Å²) in [6, 6.07) is 0.365. The molecule has 1 rings (SSSR count). The van der Waals surface area contributed by atoms with Crippen molar-refractivity contribution < 1.29 is 0 Å². The number of piperidine rings is 1. The van der Waals surface area contributed by atoms with Crippen molar-refractivity contribution in [3.05, 3.63) is 0 Å². The summed E-state index contributed by atoms with van der Waals surface area (Å²) in [4.78, 5) is 2.42. The van der Waals surface area contributed by atoms with E-state index in [9.17, 15) is 0 Å². The van der Waals surface area contributed by atoms with Crippen LogP contribution in [0.3, 0.4) is 0 Å². The van der Waals surface area contributed by atoms with E-state index in [0.717, 1.165) is 11.8 Å². The molecular formula is C10H22N2.